The Morgan fingerprint density at radius 3 is 3.06 bits per heavy atom. The minimum atomic E-state index is -0.349. The number of rotatable bonds is 2. The predicted octanol–water partition coefficient (Wildman–Crippen LogP) is 2.96. The molecule has 1 aromatic carbocycles. The molecule has 0 spiro atoms. The van der Waals surface area contributed by atoms with Crippen LogP contribution in [0.15, 0.2) is 18.2 Å². The minimum absolute atomic E-state index is 0.349. The van der Waals surface area contributed by atoms with Crippen molar-refractivity contribution in [2.75, 3.05) is 24.6 Å². The van der Waals surface area contributed by atoms with Crippen molar-refractivity contribution in [2.45, 2.75) is 11.4 Å². The lowest BCUT2D eigenvalue weighted by atomic mass is 10.2. The summed E-state index contributed by atoms with van der Waals surface area (Å²) in [7, 11) is 0. The zero-order valence-electron chi connectivity index (χ0n) is 9.20. The molecule has 3 nitrogen and oxygen atoms in total. The van der Waals surface area contributed by atoms with Gasteiger partial charge in [0.15, 0.2) is 6.10 Å². The average Bonchev–Trinajstić information content (AvgIpc) is 2.38. The van der Waals surface area contributed by atoms with E-state index in [0.29, 0.717) is 13.2 Å². The van der Waals surface area contributed by atoms with Crippen LogP contribution in [0.1, 0.15) is 5.56 Å². The lowest BCUT2D eigenvalue weighted by molar-refractivity contribution is 0.0764. The molecule has 1 unspecified atom stereocenters. The van der Waals surface area contributed by atoms with Crippen LogP contribution >= 0.6 is 27.5 Å². The molecule has 0 saturated carbocycles. The number of anilines is 1. The average molecular weight is 316 g/mol. The van der Waals surface area contributed by atoms with Crippen molar-refractivity contribution in [2.24, 2.45) is 0 Å². The first-order valence-corrected chi connectivity index (χ1v) is 6.85. The van der Waals surface area contributed by atoms with E-state index in [1.807, 2.05) is 18.2 Å². The number of hydrogen-bond donors (Lipinski definition) is 0. The third kappa shape index (κ3) is 2.92. The van der Waals surface area contributed by atoms with Gasteiger partial charge in [0.1, 0.15) is 0 Å². The fourth-order valence-corrected chi connectivity index (χ4v) is 2.70. The van der Waals surface area contributed by atoms with Crippen LogP contribution in [0.5, 0.6) is 0 Å². The normalized spacial score (nSPS) is 20.1. The second kappa shape index (κ2) is 5.72. The van der Waals surface area contributed by atoms with Gasteiger partial charge in [0, 0.05) is 22.6 Å². The highest BCUT2D eigenvalue weighted by Crippen LogP contribution is 2.26. The molecule has 0 bridgehead atoms. The molecule has 1 atom stereocenters. The number of ether oxygens (including phenoxy) is 1. The molecule has 1 aliphatic rings. The van der Waals surface area contributed by atoms with Gasteiger partial charge in [-0.1, -0.05) is 33.6 Å². The Balaban J connectivity index is 2.17. The Hall–Kier alpha value is -0.760. The number of hydrogen-bond acceptors (Lipinski definition) is 3. The first kappa shape index (κ1) is 12.7. The molecule has 0 N–H and O–H groups in total. The van der Waals surface area contributed by atoms with Crippen LogP contribution in [0.4, 0.5) is 5.69 Å². The van der Waals surface area contributed by atoms with E-state index < -0.39 is 0 Å². The first-order valence-electron chi connectivity index (χ1n) is 5.35. The summed E-state index contributed by atoms with van der Waals surface area (Å²) in [6.45, 7) is 1.97. The Morgan fingerprint density at radius 2 is 2.41 bits per heavy atom. The van der Waals surface area contributed by atoms with Gasteiger partial charge < -0.3 is 9.64 Å². The van der Waals surface area contributed by atoms with Crippen molar-refractivity contribution < 1.29 is 4.74 Å². The summed E-state index contributed by atoms with van der Waals surface area (Å²) >= 11 is 9.55. The molecule has 5 heteroatoms. The van der Waals surface area contributed by atoms with E-state index in [-0.39, 0.29) is 6.10 Å². The summed E-state index contributed by atoms with van der Waals surface area (Å²) in [6, 6.07) is 8.11. The molecule has 0 aromatic heterocycles. The van der Waals surface area contributed by atoms with Crippen molar-refractivity contribution >= 4 is 33.2 Å². The van der Waals surface area contributed by atoms with Crippen LogP contribution in [-0.4, -0.2) is 25.8 Å². The van der Waals surface area contributed by atoms with E-state index >= 15 is 0 Å². The topological polar surface area (TPSA) is 36.3 Å². The highest BCUT2D eigenvalue weighted by atomic mass is 79.9. The van der Waals surface area contributed by atoms with Crippen molar-refractivity contribution in [3.63, 3.8) is 0 Å². The number of halogens is 2. The quantitative estimate of drug-likeness (QED) is 0.787. The highest BCUT2D eigenvalue weighted by molar-refractivity contribution is 9.08. The fourth-order valence-electron chi connectivity index (χ4n) is 1.80. The first-order chi connectivity index (χ1) is 8.24. The maximum Gasteiger partial charge on any atom is 0.161 e. The molecule has 1 saturated heterocycles. The van der Waals surface area contributed by atoms with Gasteiger partial charge >= 0.3 is 0 Å². The van der Waals surface area contributed by atoms with Crippen molar-refractivity contribution in [3.05, 3.63) is 28.8 Å². The monoisotopic (exact) mass is 314 g/mol. The lowest BCUT2D eigenvalue weighted by Gasteiger charge is -2.31. The molecular weight excluding hydrogens is 304 g/mol. The molecule has 0 radical (unpaired) electrons. The smallest absolute Gasteiger partial charge is 0.161 e. The largest absolute Gasteiger partial charge is 0.365 e. The molecule has 1 fully saturated rings. The van der Waals surface area contributed by atoms with E-state index in [1.54, 1.807) is 0 Å². The summed E-state index contributed by atoms with van der Waals surface area (Å²) in [5.41, 5.74) is 2.11. The van der Waals surface area contributed by atoms with E-state index in [0.717, 1.165) is 28.1 Å². The van der Waals surface area contributed by atoms with E-state index in [4.69, 9.17) is 21.6 Å². The van der Waals surface area contributed by atoms with Gasteiger partial charge in [-0.05, 0) is 17.7 Å². The summed E-state index contributed by atoms with van der Waals surface area (Å²) in [5, 5.41) is 10.4. The van der Waals surface area contributed by atoms with E-state index in [9.17, 15) is 0 Å². The maximum absolute atomic E-state index is 8.86. The molecule has 1 aromatic rings. The standard InChI is InChI=1S/C12H12BrClN2O/c13-6-9-1-2-10(5-12(9)14)16-3-4-17-11(7-15)8-16/h1-2,5,11H,3-4,6,8H2. The number of nitriles is 1. The molecule has 2 rings (SSSR count). The van der Waals surface area contributed by atoms with Crippen molar-refractivity contribution in [1.82, 2.24) is 0 Å². The fraction of sp³-hybridized carbons (Fsp3) is 0.417. The van der Waals surface area contributed by atoms with E-state index in [1.165, 1.54) is 0 Å². The molecule has 1 heterocycles. The molecule has 0 amide bonds. The Morgan fingerprint density at radius 1 is 1.59 bits per heavy atom. The molecule has 90 valence electrons. The van der Waals surface area contributed by atoms with Crippen LogP contribution in [0.25, 0.3) is 0 Å². The van der Waals surface area contributed by atoms with Crippen molar-refractivity contribution in [1.29, 1.82) is 5.26 Å². The Kier molecular flexibility index (Phi) is 4.27. The SMILES string of the molecule is N#CC1CN(c2ccc(CBr)c(Cl)c2)CCO1. The summed E-state index contributed by atoms with van der Waals surface area (Å²) in [4.78, 5) is 2.13. The molecular formula is C12H12BrClN2O. The van der Waals surface area contributed by atoms with Crippen molar-refractivity contribution in [3.8, 4) is 6.07 Å². The van der Waals surface area contributed by atoms with Gasteiger partial charge in [0.05, 0.1) is 19.2 Å². The van der Waals surface area contributed by atoms with Crippen LogP contribution in [0.2, 0.25) is 5.02 Å². The summed E-state index contributed by atoms with van der Waals surface area (Å²) < 4.78 is 5.31. The Labute approximate surface area is 114 Å². The van der Waals surface area contributed by atoms with Gasteiger partial charge in [0.25, 0.3) is 0 Å². The molecule has 17 heavy (non-hydrogen) atoms. The summed E-state index contributed by atoms with van der Waals surface area (Å²) in [6.07, 6.45) is -0.349. The second-order valence-electron chi connectivity index (χ2n) is 3.84. The van der Waals surface area contributed by atoms with Gasteiger partial charge in [-0.25, -0.2) is 0 Å². The highest BCUT2D eigenvalue weighted by Gasteiger charge is 2.20. The van der Waals surface area contributed by atoms with Crippen LogP contribution in [0.3, 0.4) is 0 Å². The van der Waals surface area contributed by atoms with Gasteiger partial charge in [-0.2, -0.15) is 5.26 Å². The van der Waals surface area contributed by atoms with Gasteiger partial charge in [-0.3, -0.25) is 0 Å². The number of alkyl halides is 1. The zero-order valence-corrected chi connectivity index (χ0v) is 11.5. The zero-order chi connectivity index (χ0) is 12.3. The van der Waals surface area contributed by atoms with Crippen LogP contribution in [0, 0.1) is 11.3 Å². The third-order valence-corrected chi connectivity index (χ3v) is 3.71. The third-order valence-electron chi connectivity index (χ3n) is 2.76. The number of morpholine rings is 1. The molecule has 0 aliphatic carbocycles. The maximum atomic E-state index is 8.86. The predicted molar refractivity (Wildman–Crippen MR) is 71.6 cm³/mol. The molecule has 1 aliphatic heterocycles. The van der Waals surface area contributed by atoms with Gasteiger partial charge in [-0.15, -0.1) is 0 Å². The van der Waals surface area contributed by atoms with Crippen LogP contribution in [-0.2, 0) is 10.1 Å². The van der Waals surface area contributed by atoms with Gasteiger partial charge in [0.2, 0.25) is 0 Å². The lowest BCUT2D eigenvalue weighted by Crippen LogP contribution is -2.41. The number of benzene rings is 1. The minimum Gasteiger partial charge on any atom is -0.365 e. The second-order valence-corrected chi connectivity index (χ2v) is 4.81. The Bertz CT molecular complexity index is 447. The summed E-state index contributed by atoms with van der Waals surface area (Å²) in [5.74, 6) is 0. The van der Waals surface area contributed by atoms with E-state index in [2.05, 4.69) is 26.9 Å². The van der Waals surface area contributed by atoms with Crippen LogP contribution < -0.4 is 4.90 Å². The number of nitrogens with zero attached hydrogens (tertiary/aromatic N) is 2.